The highest BCUT2D eigenvalue weighted by Gasteiger charge is 2.07. The van der Waals surface area contributed by atoms with Crippen LogP contribution in [0.3, 0.4) is 0 Å². The van der Waals surface area contributed by atoms with Gasteiger partial charge in [0.25, 0.3) is 0 Å². The zero-order chi connectivity index (χ0) is 13.6. The molecular weight excluding hydrogens is 264 g/mol. The third kappa shape index (κ3) is 3.23. The average molecular weight is 282 g/mol. The van der Waals surface area contributed by atoms with Crippen LogP contribution in [0.25, 0.3) is 11.1 Å². The number of benzene rings is 2. The van der Waals surface area contributed by atoms with Crippen LogP contribution in [-0.4, -0.2) is 23.9 Å². The van der Waals surface area contributed by atoms with Gasteiger partial charge in [0.15, 0.2) is 0 Å². The van der Waals surface area contributed by atoms with Crippen molar-refractivity contribution < 1.29 is 0 Å². The van der Waals surface area contributed by atoms with Crippen molar-refractivity contribution in [3.8, 4) is 11.1 Å². The molecule has 0 unspecified atom stereocenters. The van der Waals surface area contributed by atoms with Crippen molar-refractivity contribution in [3.63, 3.8) is 0 Å². The second-order valence-electron chi connectivity index (χ2n) is 4.76. The Labute approximate surface area is 124 Å². The van der Waals surface area contributed by atoms with E-state index in [0.717, 1.165) is 30.4 Å². The molecule has 3 heteroatoms. The van der Waals surface area contributed by atoms with E-state index in [0.29, 0.717) is 0 Å². The quantitative estimate of drug-likeness (QED) is 0.930. The summed E-state index contributed by atoms with van der Waals surface area (Å²) in [6, 6.07) is 19.1. The monoisotopic (exact) mass is 282 g/mol. The molecule has 0 fully saturated rings. The smallest absolute Gasteiger partial charge is 0.107 e. The molecule has 0 aromatic heterocycles. The topological polar surface area (TPSA) is 24.4 Å². The van der Waals surface area contributed by atoms with E-state index in [1.165, 1.54) is 16.7 Å². The van der Waals surface area contributed by atoms with Gasteiger partial charge in [0.05, 0.1) is 12.3 Å². The van der Waals surface area contributed by atoms with E-state index in [2.05, 4.69) is 64.9 Å². The molecule has 0 spiro atoms. The highest BCUT2D eigenvalue weighted by Crippen LogP contribution is 2.23. The maximum Gasteiger partial charge on any atom is 0.107 e. The molecule has 20 heavy (non-hydrogen) atoms. The zero-order valence-corrected chi connectivity index (χ0v) is 12.2. The van der Waals surface area contributed by atoms with E-state index in [1.54, 1.807) is 0 Å². The maximum absolute atomic E-state index is 4.53. The van der Waals surface area contributed by atoms with E-state index in [4.69, 9.17) is 0 Å². The Kier molecular flexibility index (Phi) is 4.38. The first-order valence-corrected chi connectivity index (χ1v) is 8.07. The molecule has 2 nitrogen and oxygen atoms in total. The lowest BCUT2D eigenvalue weighted by atomic mass is 10.00. The summed E-state index contributed by atoms with van der Waals surface area (Å²) in [4.78, 5) is 4.53. The lowest BCUT2D eigenvalue weighted by molar-refractivity contribution is 0.897. The van der Waals surface area contributed by atoms with Crippen molar-refractivity contribution in [1.82, 2.24) is 5.32 Å². The van der Waals surface area contributed by atoms with Crippen LogP contribution in [0.4, 0.5) is 0 Å². The summed E-state index contributed by atoms with van der Waals surface area (Å²) in [6.07, 6.45) is 0. The molecule has 2 aromatic rings. The number of rotatable bonds is 3. The fourth-order valence-electron chi connectivity index (χ4n) is 2.34. The normalized spacial score (nSPS) is 14.7. The SMILES string of the molecule is c1ccc(-c2ccccc2CNC2=NCCSC2)cc1. The fraction of sp³-hybridized carbons (Fsp3) is 0.235. The molecule has 0 saturated heterocycles. The predicted molar refractivity (Wildman–Crippen MR) is 88.3 cm³/mol. The van der Waals surface area contributed by atoms with Gasteiger partial charge in [0.1, 0.15) is 5.84 Å². The van der Waals surface area contributed by atoms with Gasteiger partial charge in [-0.2, -0.15) is 11.8 Å². The maximum atomic E-state index is 4.53. The van der Waals surface area contributed by atoms with Crippen LogP contribution < -0.4 is 5.32 Å². The average Bonchev–Trinajstić information content (AvgIpc) is 2.55. The van der Waals surface area contributed by atoms with E-state index in [1.807, 2.05) is 11.8 Å². The van der Waals surface area contributed by atoms with Crippen LogP contribution in [0.5, 0.6) is 0 Å². The lowest BCUT2D eigenvalue weighted by Crippen LogP contribution is -2.28. The van der Waals surface area contributed by atoms with Crippen LogP contribution in [0.2, 0.25) is 0 Å². The molecule has 0 radical (unpaired) electrons. The highest BCUT2D eigenvalue weighted by atomic mass is 32.2. The van der Waals surface area contributed by atoms with Crippen LogP contribution in [0.1, 0.15) is 5.56 Å². The highest BCUT2D eigenvalue weighted by molar-refractivity contribution is 8.00. The van der Waals surface area contributed by atoms with Gasteiger partial charge >= 0.3 is 0 Å². The lowest BCUT2D eigenvalue weighted by Gasteiger charge is -2.15. The van der Waals surface area contributed by atoms with Gasteiger partial charge < -0.3 is 5.32 Å². The minimum atomic E-state index is 0.838. The first-order valence-electron chi connectivity index (χ1n) is 6.92. The van der Waals surface area contributed by atoms with Gasteiger partial charge in [0, 0.05) is 12.3 Å². The second kappa shape index (κ2) is 6.62. The predicted octanol–water partition coefficient (Wildman–Crippen LogP) is 3.59. The molecule has 102 valence electrons. The molecule has 1 N–H and O–H groups in total. The molecule has 0 atom stereocenters. The molecule has 2 aromatic carbocycles. The summed E-state index contributed by atoms with van der Waals surface area (Å²) in [5.41, 5.74) is 3.88. The van der Waals surface area contributed by atoms with Gasteiger partial charge in [-0.05, 0) is 16.7 Å². The van der Waals surface area contributed by atoms with Gasteiger partial charge in [-0.1, -0.05) is 54.6 Å². The molecule has 0 aliphatic carbocycles. The van der Waals surface area contributed by atoms with Crippen molar-refractivity contribution in [2.24, 2.45) is 4.99 Å². The molecule has 3 rings (SSSR count). The molecule has 1 aliphatic rings. The Bertz CT molecular complexity index is 593. The van der Waals surface area contributed by atoms with E-state index in [-0.39, 0.29) is 0 Å². The summed E-state index contributed by atoms with van der Waals surface area (Å²) in [6.45, 7) is 1.78. The Hall–Kier alpha value is -1.74. The third-order valence-electron chi connectivity index (χ3n) is 3.36. The van der Waals surface area contributed by atoms with Crippen LogP contribution >= 0.6 is 11.8 Å². The molecule has 0 amide bonds. The minimum absolute atomic E-state index is 0.838. The second-order valence-corrected chi connectivity index (χ2v) is 5.86. The summed E-state index contributed by atoms with van der Waals surface area (Å²) in [7, 11) is 0. The number of nitrogens with one attached hydrogen (secondary N) is 1. The first kappa shape index (κ1) is 13.3. The van der Waals surface area contributed by atoms with E-state index >= 15 is 0 Å². The molecule has 1 aliphatic heterocycles. The number of nitrogens with zero attached hydrogens (tertiary/aromatic N) is 1. The number of hydrogen-bond acceptors (Lipinski definition) is 3. The molecular formula is C17H18N2S. The van der Waals surface area contributed by atoms with Crippen LogP contribution in [0.15, 0.2) is 59.6 Å². The molecule has 0 saturated carbocycles. The van der Waals surface area contributed by atoms with Crippen LogP contribution in [0, 0.1) is 0 Å². The van der Waals surface area contributed by atoms with E-state index in [9.17, 15) is 0 Å². The Balaban J connectivity index is 1.78. The summed E-state index contributed by atoms with van der Waals surface area (Å²) >= 11 is 1.95. The van der Waals surface area contributed by atoms with Crippen molar-refractivity contribution >= 4 is 17.6 Å². The number of aliphatic imine (C=N–C) groups is 1. The van der Waals surface area contributed by atoms with Crippen molar-refractivity contribution in [1.29, 1.82) is 0 Å². The third-order valence-corrected chi connectivity index (χ3v) is 4.31. The van der Waals surface area contributed by atoms with Gasteiger partial charge in [-0.15, -0.1) is 0 Å². The summed E-state index contributed by atoms with van der Waals surface area (Å²) < 4.78 is 0. The van der Waals surface area contributed by atoms with Gasteiger partial charge in [-0.25, -0.2) is 0 Å². The summed E-state index contributed by atoms with van der Waals surface area (Å²) in [5, 5.41) is 3.48. The molecule has 1 heterocycles. The molecule has 0 bridgehead atoms. The fourth-order valence-corrected chi connectivity index (χ4v) is 3.09. The van der Waals surface area contributed by atoms with Crippen molar-refractivity contribution in [2.75, 3.05) is 18.1 Å². The van der Waals surface area contributed by atoms with Gasteiger partial charge in [-0.3, -0.25) is 4.99 Å². The van der Waals surface area contributed by atoms with Crippen LogP contribution in [-0.2, 0) is 6.54 Å². The number of thioether (sulfide) groups is 1. The Morgan fingerprint density at radius 3 is 2.60 bits per heavy atom. The summed E-state index contributed by atoms with van der Waals surface area (Å²) in [5.74, 6) is 3.28. The number of hydrogen-bond donors (Lipinski definition) is 1. The Morgan fingerprint density at radius 2 is 1.80 bits per heavy atom. The van der Waals surface area contributed by atoms with E-state index < -0.39 is 0 Å². The largest absolute Gasteiger partial charge is 0.369 e. The van der Waals surface area contributed by atoms with Crippen molar-refractivity contribution in [2.45, 2.75) is 6.54 Å². The zero-order valence-electron chi connectivity index (χ0n) is 11.4. The Morgan fingerprint density at radius 1 is 1.00 bits per heavy atom. The minimum Gasteiger partial charge on any atom is -0.369 e. The number of amidine groups is 1. The van der Waals surface area contributed by atoms with Crippen molar-refractivity contribution in [3.05, 3.63) is 60.2 Å². The first-order chi connectivity index (χ1) is 9.93. The van der Waals surface area contributed by atoms with Gasteiger partial charge in [0.2, 0.25) is 0 Å². The standard InChI is InChI=1S/C17H18N2S/c1-2-6-14(7-3-1)16-9-5-4-8-15(16)12-19-17-13-20-11-10-18-17/h1-9H,10-13H2,(H,18,19).